The summed E-state index contributed by atoms with van der Waals surface area (Å²) in [4.78, 5) is 12.8. The van der Waals surface area contributed by atoms with E-state index < -0.39 is 10.0 Å². The summed E-state index contributed by atoms with van der Waals surface area (Å²) in [7, 11) is -3.42. The van der Waals surface area contributed by atoms with Gasteiger partial charge in [-0.05, 0) is 41.3 Å². The molecule has 0 bridgehead atoms. The van der Waals surface area contributed by atoms with E-state index in [9.17, 15) is 13.2 Å². The van der Waals surface area contributed by atoms with Crippen molar-refractivity contribution in [3.63, 3.8) is 0 Å². The molecule has 3 aromatic carbocycles. The molecule has 0 spiro atoms. The van der Waals surface area contributed by atoms with Gasteiger partial charge in [0.2, 0.25) is 10.0 Å². The summed E-state index contributed by atoms with van der Waals surface area (Å²) in [6.45, 7) is 3.69. The van der Waals surface area contributed by atoms with Crippen molar-refractivity contribution in [2.24, 2.45) is 0 Å². The molecule has 5 nitrogen and oxygen atoms in total. The highest BCUT2D eigenvalue weighted by Crippen LogP contribution is 2.18. The van der Waals surface area contributed by atoms with E-state index in [0.29, 0.717) is 23.2 Å². The summed E-state index contributed by atoms with van der Waals surface area (Å²) in [6, 6.07) is 24.3. The van der Waals surface area contributed by atoms with Crippen LogP contribution >= 0.6 is 0 Å². The van der Waals surface area contributed by atoms with E-state index in [2.05, 4.69) is 16.6 Å². The van der Waals surface area contributed by atoms with Crippen LogP contribution in [-0.2, 0) is 22.2 Å². The molecule has 1 amide bonds. The Balaban J connectivity index is 1.69. The standard InChI is InChI=1S/C24H24N2O3S/c1-2-16-25-30(28,29)18-20-12-14-22(15-13-20)26-24(27)23-11-7-6-10-21(23)17-19-8-4-3-5-9-19/h2-15,25H,1,16-18H2,(H,26,27). The number of hydrogen-bond acceptors (Lipinski definition) is 3. The van der Waals surface area contributed by atoms with Crippen molar-refractivity contribution in [3.05, 3.63) is 114 Å². The Morgan fingerprint density at radius 2 is 1.53 bits per heavy atom. The first-order valence-corrected chi connectivity index (χ1v) is 11.2. The molecule has 0 fully saturated rings. The molecule has 3 aromatic rings. The highest BCUT2D eigenvalue weighted by Gasteiger charge is 2.13. The fraction of sp³-hybridized carbons (Fsp3) is 0.125. The zero-order valence-electron chi connectivity index (χ0n) is 16.5. The second kappa shape index (κ2) is 10.0. The number of amides is 1. The van der Waals surface area contributed by atoms with Gasteiger partial charge in [-0.25, -0.2) is 13.1 Å². The maximum absolute atomic E-state index is 12.8. The van der Waals surface area contributed by atoms with E-state index >= 15 is 0 Å². The van der Waals surface area contributed by atoms with Crippen molar-refractivity contribution >= 4 is 21.6 Å². The van der Waals surface area contributed by atoms with E-state index in [1.807, 2.05) is 48.5 Å². The molecule has 0 saturated heterocycles. The number of carbonyl (C=O) groups is 1. The Hall–Kier alpha value is -3.22. The largest absolute Gasteiger partial charge is 0.322 e. The fourth-order valence-corrected chi connectivity index (χ4v) is 4.16. The third-order valence-corrected chi connectivity index (χ3v) is 5.84. The van der Waals surface area contributed by atoms with Gasteiger partial charge in [0.05, 0.1) is 5.75 Å². The minimum Gasteiger partial charge on any atom is -0.322 e. The van der Waals surface area contributed by atoms with E-state index in [1.54, 1.807) is 30.3 Å². The van der Waals surface area contributed by atoms with E-state index in [4.69, 9.17) is 0 Å². The monoisotopic (exact) mass is 420 g/mol. The molecule has 0 saturated carbocycles. The number of nitrogens with one attached hydrogen (secondary N) is 2. The van der Waals surface area contributed by atoms with Gasteiger partial charge >= 0.3 is 0 Å². The van der Waals surface area contributed by atoms with Crippen LogP contribution in [0.4, 0.5) is 5.69 Å². The number of benzene rings is 3. The maximum Gasteiger partial charge on any atom is 0.255 e. The molecular weight excluding hydrogens is 396 g/mol. The summed E-state index contributed by atoms with van der Waals surface area (Å²) >= 11 is 0. The molecule has 0 radical (unpaired) electrons. The van der Waals surface area contributed by atoms with Crippen LogP contribution in [0.1, 0.15) is 27.0 Å². The minimum atomic E-state index is -3.42. The molecule has 0 unspecified atom stereocenters. The third-order valence-electron chi connectivity index (χ3n) is 4.52. The van der Waals surface area contributed by atoms with Crippen molar-refractivity contribution in [1.29, 1.82) is 0 Å². The van der Waals surface area contributed by atoms with E-state index in [1.165, 1.54) is 6.08 Å². The fourth-order valence-electron chi connectivity index (χ4n) is 3.05. The molecule has 0 aliphatic rings. The molecule has 0 heterocycles. The lowest BCUT2D eigenvalue weighted by Gasteiger charge is -2.11. The zero-order valence-corrected chi connectivity index (χ0v) is 17.4. The third kappa shape index (κ3) is 6.14. The van der Waals surface area contributed by atoms with E-state index in [-0.39, 0.29) is 18.2 Å². The number of sulfonamides is 1. The lowest BCUT2D eigenvalue weighted by atomic mass is 9.99. The average Bonchev–Trinajstić information content (AvgIpc) is 2.74. The van der Waals surface area contributed by atoms with Gasteiger partial charge in [-0.2, -0.15) is 0 Å². The Kier molecular flexibility index (Phi) is 7.17. The predicted octanol–water partition coefficient (Wildman–Crippen LogP) is 4.14. The smallest absolute Gasteiger partial charge is 0.255 e. The number of anilines is 1. The number of hydrogen-bond donors (Lipinski definition) is 2. The molecular formula is C24H24N2O3S. The summed E-state index contributed by atoms with van der Waals surface area (Å²) in [5, 5.41) is 2.89. The van der Waals surface area contributed by atoms with Gasteiger partial charge in [0, 0.05) is 17.8 Å². The molecule has 0 aliphatic carbocycles. The molecule has 0 aliphatic heterocycles. The lowest BCUT2D eigenvalue weighted by Crippen LogP contribution is -2.25. The minimum absolute atomic E-state index is 0.130. The molecule has 154 valence electrons. The number of carbonyl (C=O) groups excluding carboxylic acids is 1. The average molecular weight is 421 g/mol. The number of rotatable bonds is 9. The normalized spacial score (nSPS) is 11.1. The molecule has 6 heteroatoms. The lowest BCUT2D eigenvalue weighted by molar-refractivity contribution is 0.102. The summed E-state index contributed by atoms with van der Waals surface area (Å²) in [6.07, 6.45) is 2.16. The van der Waals surface area contributed by atoms with Gasteiger partial charge in [-0.3, -0.25) is 4.79 Å². The van der Waals surface area contributed by atoms with Gasteiger partial charge in [0.1, 0.15) is 0 Å². The second-order valence-corrected chi connectivity index (χ2v) is 8.67. The first-order valence-electron chi connectivity index (χ1n) is 9.57. The van der Waals surface area contributed by atoms with Crippen LogP contribution < -0.4 is 10.0 Å². The van der Waals surface area contributed by atoms with Gasteiger partial charge in [-0.1, -0.05) is 66.7 Å². The summed E-state index contributed by atoms with van der Waals surface area (Å²) in [5.74, 6) is -0.329. The predicted molar refractivity (Wildman–Crippen MR) is 121 cm³/mol. The van der Waals surface area contributed by atoms with Gasteiger partial charge in [0.15, 0.2) is 0 Å². The molecule has 0 atom stereocenters. The SMILES string of the molecule is C=CCNS(=O)(=O)Cc1ccc(NC(=O)c2ccccc2Cc2ccccc2)cc1. The first kappa shape index (κ1) is 21.5. The van der Waals surface area contributed by atoms with E-state index in [0.717, 1.165) is 11.1 Å². The first-order chi connectivity index (χ1) is 14.5. The van der Waals surface area contributed by atoms with Crippen molar-refractivity contribution < 1.29 is 13.2 Å². The van der Waals surface area contributed by atoms with Crippen LogP contribution in [0.25, 0.3) is 0 Å². The Bertz CT molecular complexity index is 1110. The maximum atomic E-state index is 12.8. The van der Waals surface area contributed by atoms with Crippen LogP contribution in [0.5, 0.6) is 0 Å². The van der Waals surface area contributed by atoms with Gasteiger partial charge in [0.25, 0.3) is 5.91 Å². The molecule has 3 rings (SSSR count). The van der Waals surface area contributed by atoms with Crippen LogP contribution in [0.15, 0.2) is 91.5 Å². The molecule has 0 aromatic heterocycles. The quantitative estimate of drug-likeness (QED) is 0.511. The Morgan fingerprint density at radius 3 is 2.23 bits per heavy atom. The zero-order chi connectivity index (χ0) is 21.4. The van der Waals surface area contributed by atoms with Gasteiger partial charge in [-0.15, -0.1) is 6.58 Å². The van der Waals surface area contributed by atoms with Crippen molar-refractivity contribution in [2.45, 2.75) is 12.2 Å². The molecule has 30 heavy (non-hydrogen) atoms. The van der Waals surface area contributed by atoms with Gasteiger partial charge < -0.3 is 5.32 Å². The van der Waals surface area contributed by atoms with Crippen LogP contribution in [0.2, 0.25) is 0 Å². The van der Waals surface area contributed by atoms with Crippen LogP contribution in [0.3, 0.4) is 0 Å². The highest BCUT2D eigenvalue weighted by atomic mass is 32.2. The van der Waals surface area contributed by atoms with Crippen molar-refractivity contribution in [3.8, 4) is 0 Å². The Labute approximate surface area is 177 Å². The van der Waals surface area contributed by atoms with Crippen molar-refractivity contribution in [1.82, 2.24) is 4.72 Å². The topological polar surface area (TPSA) is 75.3 Å². The Morgan fingerprint density at radius 1 is 0.867 bits per heavy atom. The summed E-state index contributed by atoms with van der Waals surface area (Å²) in [5.41, 5.74) is 3.93. The van der Waals surface area contributed by atoms with Crippen LogP contribution in [0, 0.1) is 0 Å². The van der Waals surface area contributed by atoms with Crippen molar-refractivity contribution in [2.75, 3.05) is 11.9 Å². The van der Waals surface area contributed by atoms with Crippen LogP contribution in [-0.4, -0.2) is 20.9 Å². The highest BCUT2D eigenvalue weighted by molar-refractivity contribution is 7.88. The molecule has 2 N–H and O–H groups in total. The second-order valence-electron chi connectivity index (χ2n) is 6.87. The summed E-state index contributed by atoms with van der Waals surface area (Å²) < 4.78 is 26.4.